The summed E-state index contributed by atoms with van der Waals surface area (Å²) in [5.74, 6) is 0.211. The van der Waals surface area contributed by atoms with Gasteiger partial charge in [-0.3, -0.25) is 4.72 Å². The Bertz CT molecular complexity index is 1050. The van der Waals surface area contributed by atoms with Gasteiger partial charge in [0.15, 0.2) is 0 Å². The molecule has 0 aliphatic carbocycles. The van der Waals surface area contributed by atoms with Crippen LogP contribution in [0.5, 0.6) is 5.75 Å². The molecule has 1 heterocycles. The van der Waals surface area contributed by atoms with Gasteiger partial charge in [-0.1, -0.05) is 11.6 Å². The molecular weight excluding hydrogens is 462 g/mol. The van der Waals surface area contributed by atoms with E-state index in [9.17, 15) is 27.1 Å². The van der Waals surface area contributed by atoms with Gasteiger partial charge in [0.05, 0.1) is 21.2 Å². The Labute approximate surface area is 181 Å². The average molecular weight is 479 g/mol. The molecular formula is C18H17ClF2N2O5S2. The van der Waals surface area contributed by atoms with E-state index in [-0.39, 0.29) is 26.9 Å². The molecule has 2 N–H and O–H groups in total. The number of aromatic carboxylic acids is 1. The zero-order valence-electron chi connectivity index (χ0n) is 15.3. The highest BCUT2D eigenvalue weighted by Crippen LogP contribution is 2.31. The van der Waals surface area contributed by atoms with Gasteiger partial charge in [0.2, 0.25) is 0 Å². The number of rotatable bonds is 7. The number of hydrogen-bond donors (Lipinski definition) is 2. The van der Waals surface area contributed by atoms with Crippen LogP contribution in [-0.4, -0.2) is 50.7 Å². The summed E-state index contributed by atoms with van der Waals surface area (Å²) in [6, 6.07) is 7.32. The van der Waals surface area contributed by atoms with E-state index in [0.29, 0.717) is 18.8 Å². The van der Waals surface area contributed by atoms with E-state index in [0.717, 1.165) is 29.7 Å². The highest BCUT2D eigenvalue weighted by molar-refractivity contribution is 7.99. The molecule has 0 unspecified atom stereocenters. The van der Waals surface area contributed by atoms with E-state index in [1.54, 1.807) is 17.8 Å². The van der Waals surface area contributed by atoms with Crippen LogP contribution in [0.1, 0.15) is 10.4 Å². The van der Waals surface area contributed by atoms with Crippen LogP contribution in [0.3, 0.4) is 0 Å². The molecule has 2 aromatic rings. The number of anilines is 2. The smallest absolute Gasteiger partial charge is 0.387 e. The molecule has 162 valence electrons. The summed E-state index contributed by atoms with van der Waals surface area (Å²) < 4.78 is 56.4. The lowest BCUT2D eigenvalue weighted by Gasteiger charge is -2.29. The molecule has 0 spiro atoms. The van der Waals surface area contributed by atoms with Crippen molar-refractivity contribution >= 4 is 50.7 Å². The normalized spacial score (nSPS) is 14.6. The van der Waals surface area contributed by atoms with Gasteiger partial charge < -0.3 is 14.7 Å². The predicted molar refractivity (Wildman–Crippen MR) is 112 cm³/mol. The van der Waals surface area contributed by atoms with Gasteiger partial charge in [-0.2, -0.15) is 20.5 Å². The molecule has 1 saturated heterocycles. The van der Waals surface area contributed by atoms with Crippen LogP contribution in [0.2, 0.25) is 5.02 Å². The van der Waals surface area contributed by atoms with Gasteiger partial charge in [-0.25, -0.2) is 13.2 Å². The zero-order valence-corrected chi connectivity index (χ0v) is 17.7. The van der Waals surface area contributed by atoms with Crippen molar-refractivity contribution in [3.8, 4) is 5.75 Å². The molecule has 1 aliphatic heterocycles. The second-order valence-electron chi connectivity index (χ2n) is 6.21. The molecule has 3 rings (SSSR count). The topological polar surface area (TPSA) is 95.9 Å². The number of carbonyl (C=O) groups is 1. The maximum absolute atomic E-state index is 12.6. The Hall–Kier alpha value is -2.24. The minimum Gasteiger partial charge on any atom is -0.478 e. The second kappa shape index (κ2) is 9.27. The van der Waals surface area contributed by atoms with Crippen molar-refractivity contribution in [1.29, 1.82) is 0 Å². The van der Waals surface area contributed by atoms with Crippen LogP contribution in [0, 0.1) is 0 Å². The van der Waals surface area contributed by atoms with Crippen LogP contribution < -0.4 is 14.4 Å². The van der Waals surface area contributed by atoms with E-state index in [2.05, 4.69) is 9.46 Å². The van der Waals surface area contributed by atoms with Crippen molar-refractivity contribution in [2.24, 2.45) is 0 Å². The highest BCUT2D eigenvalue weighted by Gasteiger charge is 2.22. The lowest BCUT2D eigenvalue weighted by molar-refractivity contribution is -0.0498. The highest BCUT2D eigenvalue weighted by atomic mass is 35.5. The van der Waals surface area contributed by atoms with Crippen molar-refractivity contribution in [1.82, 2.24) is 0 Å². The first-order valence-electron chi connectivity index (χ1n) is 8.64. The van der Waals surface area contributed by atoms with Crippen molar-refractivity contribution in [3.63, 3.8) is 0 Å². The average Bonchev–Trinajstić information content (AvgIpc) is 2.69. The zero-order chi connectivity index (χ0) is 21.9. The lowest BCUT2D eigenvalue weighted by Crippen LogP contribution is -2.33. The fourth-order valence-electron chi connectivity index (χ4n) is 2.91. The van der Waals surface area contributed by atoms with Crippen molar-refractivity contribution in [3.05, 3.63) is 47.0 Å². The minimum absolute atomic E-state index is 0.0270. The van der Waals surface area contributed by atoms with E-state index < -0.39 is 22.6 Å². The lowest BCUT2D eigenvalue weighted by atomic mass is 10.1. The molecule has 30 heavy (non-hydrogen) atoms. The Morgan fingerprint density at radius 3 is 2.50 bits per heavy atom. The molecule has 0 radical (unpaired) electrons. The Kier molecular flexibility index (Phi) is 6.94. The van der Waals surface area contributed by atoms with E-state index in [4.69, 9.17) is 11.6 Å². The third-order valence-electron chi connectivity index (χ3n) is 4.26. The van der Waals surface area contributed by atoms with Gasteiger partial charge in [0, 0.05) is 30.3 Å². The van der Waals surface area contributed by atoms with Gasteiger partial charge >= 0.3 is 12.6 Å². The summed E-state index contributed by atoms with van der Waals surface area (Å²) in [6.45, 7) is -1.71. The molecule has 2 aromatic carbocycles. The molecule has 0 atom stereocenters. The third-order valence-corrected chi connectivity index (χ3v) is 6.88. The fourth-order valence-corrected chi connectivity index (χ4v) is 5.17. The van der Waals surface area contributed by atoms with Crippen molar-refractivity contribution < 1.29 is 31.8 Å². The SMILES string of the molecule is O=C(O)c1cc(NS(=O)(=O)c2ccc(OC(F)F)c(Cl)c2)ccc1N1CCSCC1. The first kappa shape index (κ1) is 22.4. The van der Waals surface area contributed by atoms with Crippen LogP contribution in [-0.2, 0) is 10.0 Å². The number of nitrogens with one attached hydrogen (secondary N) is 1. The van der Waals surface area contributed by atoms with Gasteiger partial charge in [0.25, 0.3) is 10.0 Å². The first-order chi connectivity index (χ1) is 14.2. The molecule has 0 amide bonds. The molecule has 0 saturated carbocycles. The van der Waals surface area contributed by atoms with E-state index >= 15 is 0 Å². The van der Waals surface area contributed by atoms with E-state index in [1.165, 1.54) is 12.1 Å². The number of hydrogen-bond acceptors (Lipinski definition) is 6. The Morgan fingerprint density at radius 1 is 1.20 bits per heavy atom. The van der Waals surface area contributed by atoms with Crippen molar-refractivity contribution in [2.75, 3.05) is 34.2 Å². The number of thioether (sulfide) groups is 1. The first-order valence-corrected chi connectivity index (χ1v) is 11.7. The number of carboxylic acid groups (broad SMARTS) is 1. The van der Waals surface area contributed by atoms with Crippen LogP contribution in [0.25, 0.3) is 0 Å². The van der Waals surface area contributed by atoms with Gasteiger partial charge in [0.1, 0.15) is 5.75 Å². The maximum atomic E-state index is 12.6. The van der Waals surface area contributed by atoms with Gasteiger partial charge in [-0.05, 0) is 36.4 Å². The quantitative estimate of drug-likeness (QED) is 0.621. The van der Waals surface area contributed by atoms with Crippen LogP contribution in [0.4, 0.5) is 20.2 Å². The molecule has 12 heteroatoms. The fraction of sp³-hybridized carbons (Fsp3) is 0.278. The van der Waals surface area contributed by atoms with Crippen molar-refractivity contribution in [2.45, 2.75) is 11.5 Å². The molecule has 0 bridgehead atoms. The number of alkyl halides is 2. The summed E-state index contributed by atoms with van der Waals surface area (Å²) in [4.78, 5) is 13.4. The van der Waals surface area contributed by atoms with Crippen LogP contribution >= 0.6 is 23.4 Å². The number of carboxylic acids is 1. The number of ether oxygens (including phenoxy) is 1. The monoisotopic (exact) mass is 478 g/mol. The standard InChI is InChI=1S/C18H17ClF2N2O5S2/c19-14-10-12(2-4-16(14)28-18(20)21)30(26,27)22-11-1-3-15(13(9-11)17(24)25)23-5-7-29-8-6-23/h1-4,9-10,18,22H,5-8H2,(H,24,25). The summed E-state index contributed by atoms with van der Waals surface area (Å²) in [7, 11) is -4.15. The molecule has 1 fully saturated rings. The molecule has 0 aromatic heterocycles. The minimum atomic E-state index is -4.15. The number of benzene rings is 2. The maximum Gasteiger partial charge on any atom is 0.387 e. The predicted octanol–water partition coefficient (Wildman–Crippen LogP) is 3.99. The summed E-state index contributed by atoms with van der Waals surface area (Å²) >= 11 is 7.60. The summed E-state index contributed by atoms with van der Waals surface area (Å²) in [5, 5.41) is 9.27. The third kappa shape index (κ3) is 5.27. The van der Waals surface area contributed by atoms with Crippen LogP contribution in [0.15, 0.2) is 41.3 Å². The van der Waals surface area contributed by atoms with Gasteiger partial charge in [-0.15, -0.1) is 0 Å². The molecule has 7 nitrogen and oxygen atoms in total. The number of nitrogens with zero attached hydrogens (tertiary/aromatic N) is 1. The number of halogens is 3. The molecule has 1 aliphatic rings. The summed E-state index contributed by atoms with van der Waals surface area (Å²) in [5.41, 5.74) is 0.537. The number of sulfonamides is 1. The largest absolute Gasteiger partial charge is 0.478 e. The second-order valence-corrected chi connectivity index (χ2v) is 9.53. The Morgan fingerprint density at radius 2 is 1.90 bits per heavy atom. The Balaban J connectivity index is 1.86. The van der Waals surface area contributed by atoms with E-state index in [1.807, 2.05) is 4.90 Å². The summed E-state index contributed by atoms with van der Waals surface area (Å²) in [6.07, 6.45) is 0.